The summed E-state index contributed by atoms with van der Waals surface area (Å²) in [5.74, 6) is 1.21. The smallest absolute Gasteiger partial charge is 0.289 e. The van der Waals surface area contributed by atoms with Gasteiger partial charge in [-0.1, -0.05) is 30.3 Å². The number of fused-ring (bicyclic) bond motifs is 2. The normalized spacial score (nSPS) is 14.7. The van der Waals surface area contributed by atoms with E-state index in [-0.39, 0.29) is 17.6 Å². The molecule has 32 heavy (non-hydrogen) atoms. The van der Waals surface area contributed by atoms with Gasteiger partial charge < -0.3 is 23.8 Å². The van der Waals surface area contributed by atoms with Crippen molar-refractivity contribution in [3.8, 4) is 5.75 Å². The lowest BCUT2D eigenvalue weighted by molar-refractivity contribution is 0.0655. The zero-order valence-electron chi connectivity index (χ0n) is 17.8. The molecule has 0 unspecified atom stereocenters. The molecule has 0 bridgehead atoms. The van der Waals surface area contributed by atoms with E-state index < -0.39 is 0 Å². The summed E-state index contributed by atoms with van der Waals surface area (Å²) in [6.07, 6.45) is 1.64. The van der Waals surface area contributed by atoms with Crippen molar-refractivity contribution in [3.05, 3.63) is 66.1 Å². The summed E-state index contributed by atoms with van der Waals surface area (Å²) in [5.41, 5.74) is 1.29. The largest absolute Gasteiger partial charge is 0.493 e. The number of benzene rings is 2. The van der Waals surface area contributed by atoms with Crippen LogP contribution in [0.25, 0.3) is 21.9 Å². The van der Waals surface area contributed by atoms with Crippen LogP contribution < -0.4 is 10.1 Å². The lowest BCUT2D eigenvalue weighted by Crippen LogP contribution is -2.41. The number of nitrogens with one attached hydrogen (secondary N) is 1. The second-order valence-electron chi connectivity index (χ2n) is 8.08. The fraction of sp³-hybridized carbons (Fsp3) is 0.280. The third-order valence-electron chi connectivity index (χ3n) is 6.04. The number of ether oxygens (including phenoxy) is 1. The van der Waals surface area contributed by atoms with Gasteiger partial charge >= 0.3 is 0 Å². The molecule has 7 heteroatoms. The molecule has 0 aliphatic carbocycles. The Kier molecular flexibility index (Phi) is 5.31. The van der Waals surface area contributed by atoms with Crippen LogP contribution in [-0.2, 0) is 0 Å². The standard InChI is InChI=1S/C25H24N2O5/c1-30-20-8-4-6-18-14-21(32-23(18)20)24(28)26-15-16-9-11-27(12-10-16)25(29)22-13-17-5-2-3-7-19(17)31-22/h2-8,13-14,16H,9-12,15H2,1H3,(H,26,28). The van der Waals surface area contributed by atoms with E-state index in [4.69, 9.17) is 13.6 Å². The quantitative estimate of drug-likeness (QED) is 0.503. The van der Waals surface area contributed by atoms with E-state index in [1.165, 1.54) is 0 Å². The van der Waals surface area contributed by atoms with Gasteiger partial charge in [-0.05, 0) is 43.0 Å². The number of nitrogens with zero attached hydrogens (tertiary/aromatic N) is 1. The molecule has 0 atom stereocenters. The molecule has 1 saturated heterocycles. The maximum absolute atomic E-state index is 12.8. The van der Waals surface area contributed by atoms with Gasteiger partial charge in [0.05, 0.1) is 7.11 Å². The topological polar surface area (TPSA) is 84.9 Å². The van der Waals surface area contributed by atoms with Crippen molar-refractivity contribution in [1.29, 1.82) is 0 Å². The summed E-state index contributed by atoms with van der Waals surface area (Å²) < 4.78 is 16.7. The summed E-state index contributed by atoms with van der Waals surface area (Å²) >= 11 is 0. The van der Waals surface area contributed by atoms with Crippen LogP contribution >= 0.6 is 0 Å². The Balaban J connectivity index is 1.16. The third kappa shape index (κ3) is 3.82. The van der Waals surface area contributed by atoms with Crippen molar-refractivity contribution in [2.75, 3.05) is 26.7 Å². The molecule has 2 aromatic carbocycles. The highest BCUT2D eigenvalue weighted by Crippen LogP contribution is 2.28. The molecule has 1 fully saturated rings. The minimum absolute atomic E-state index is 0.0834. The molecule has 0 radical (unpaired) electrons. The van der Waals surface area contributed by atoms with Crippen LogP contribution in [0.4, 0.5) is 0 Å². The van der Waals surface area contributed by atoms with Crippen LogP contribution in [0.5, 0.6) is 5.75 Å². The van der Waals surface area contributed by atoms with E-state index in [0.717, 1.165) is 29.2 Å². The molecular formula is C25H24N2O5. The first-order chi connectivity index (χ1) is 15.6. The number of hydrogen-bond acceptors (Lipinski definition) is 5. The first kappa shape index (κ1) is 20.2. The van der Waals surface area contributed by atoms with Crippen molar-refractivity contribution >= 4 is 33.8 Å². The van der Waals surface area contributed by atoms with Crippen LogP contribution in [0.1, 0.15) is 34.0 Å². The summed E-state index contributed by atoms with van der Waals surface area (Å²) in [7, 11) is 1.57. The molecular weight excluding hydrogens is 408 g/mol. The van der Waals surface area contributed by atoms with Crippen LogP contribution in [0.15, 0.2) is 63.4 Å². The average Bonchev–Trinajstić information content (AvgIpc) is 3.46. The second-order valence-corrected chi connectivity index (χ2v) is 8.08. The second kappa shape index (κ2) is 8.42. The number of carbonyl (C=O) groups excluding carboxylic acids is 2. The molecule has 1 aliphatic heterocycles. The number of rotatable bonds is 5. The van der Waals surface area contributed by atoms with Crippen molar-refractivity contribution in [1.82, 2.24) is 10.2 Å². The first-order valence-electron chi connectivity index (χ1n) is 10.7. The Morgan fingerprint density at radius 3 is 2.53 bits per heavy atom. The lowest BCUT2D eigenvalue weighted by Gasteiger charge is -2.31. The Bertz CT molecular complexity index is 1250. The Hall–Kier alpha value is -3.74. The number of methoxy groups -OCH3 is 1. The van der Waals surface area contributed by atoms with E-state index in [1.807, 2.05) is 41.3 Å². The van der Waals surface area contributed by atoms with E-state index in [2.05, 4.69) is 5.32 Å². The predicted molar refractivity (Wildman–Crippen MR) is 120 cm³/mol. The number of piperidine rings is 1. The molecule has 4 aromatic rings. The van der Waals surface area contributed by atoms with E-state index in [9.17, 15) is 9.59 Å². The van der Waals surface area contributed by atoms with Crippen molar-refractivity contribution < 1.29 is 23.2 Å². The molecule has 7 nitrogen and oxygen atoms in total. The van der Waals surface area contributed by atoms with Gasteiger partial charge in [0, 0.05) is 30.4 Å². The Labute approximate surface area is 184 Å². The SMILES string of the molecule is COc1cccc2cc(C(=O)NCC3CCN(C(=O)c4cc5ccccc5o4)CC3)oc12. The Morgan fingerprint density at radius 1 is 1.00 bits per heavy atom. The maximum atomic E-state index is 12.8. The number of furan rings is 2. The molecule has 164 valence electrons. The summed E-state index contributed by atoms with van der Waals surface area (Å²) in [6.45, 7) is 1.82. The first-order valence-corrected chi connectivity index (χ1v) is 10.7. The van der Waals surface area contributed by atoms with Gasteiger partial charge in [-0.25, -0.2) is 0 Å². The number of hydrogen-bond donors (Lipinski definition) is 1. The number of amides is 2. The average molecular weight is 432 g/mol. The zero-order chi connectivity index (χ0) is 22.1. The number of likely N-dealkylation sites (tertiary alicyclic amines) is 1. The van der Waals surface area contributed by atoms with E-state index in [0.29, 0.717) is 42.6 Å². The molecule has 1 N–H and O–H groups in total. The summed E-state index contributed by atoms with van der Waals surface area (Å²) in [4.78, 5) is 27.2. The molecule has 2 aromatic heterocycles. The minimum atomic E-state index is -0.246. The van der Waals surface area contributed by atoms with Gasteiger partial charge in [0.15, 0.2) is 22.9 Å². The highest BCUT2D eigenvalue weighted by molar-refractivity contribution is 5.97. The van der Waals surface area contributed by atoms with E-state index >= 15 is 0 Å². The van der Waals surface area contributed by atoms with Gasteiger partial charge in [-0.15, -0.1) is 0 Å². The summed E-state index contributed by atoms with van der Waals surface area (Å²) in [6, 6.07) is 16.7. The number of carbonyl (C=O) groups is 2. The fourth-order valence-electron chi connectivity index (χ4n) is 4.22. The van der Waals surface area contributed by atoms with Gasteiger partial charge in [0.25, 0.3) is 11.8 Å². The van der Waals surface area contributed by atoms with Gasteiger partial charge in [0.2, 0.25) is 0 Å². The highest BCUT2D eigenvalue weighted by Gasteiger charge is 2.26. The van der Waals surface area contributed by atoms with Crippen molar-refractivity contribution in [3.63, 3.8) is 0 Å². The molecule has 2 amide bonds. The van der Waals surface area contributed by atoms with Crippen LogP contribution in [0.2, 0.25) is 0 Å². The molecule has 5 rings (SSSR count). The van der Waals surface area contributed by atoms with Gasteiger partial charge in [-0.3, -0.25) is 9.59 Å². The summed E-state index contributed by atoms with van der Waals surface area (Å²) in [5, 5.41) is 4.72. The van der Waals surface area contributed by atoms with Crippen LogP contribution in [-0.4, -0.2) is 43.5 Å². The molecule has 1 aliphatic rings. The van der Waals surface area contributed by atoms with Crippen molar-refractivity contribution in [2.45, 2.75) is 12.8 Å². The maximum Gasteiger partial charge on any atom is 0.289 e. The van der Waals surface area contributed by atoms with E-state index in [1.54, 1.807) is 25.3 Å². The van der Waals surface area contributed by atoms with Crippen LogP contribution in [0.3, 0.4) is 0 Å². The zero-order valence-corrected chi connectivity index (χ0v) is 17.8. The van der Waals surface area contributed by atoms with Crippen LogP contribution in [0, 0.1) is 5.92 Å². The van der Waals surface area contributed by atoms with Gasteiger partial charge in [0.1, 0.15) is 5.58 Å². The van der Waals surface area contributed by atoms with Gasteiger partial charge in [-0.2, -0.15) is 0 Å². The van der Waals surface area contributed by atoms with Crippen molar-refractivity contribution in [2.24, 2.45) is 5.92 Å². The number of para-hydroxylation sites is 2. The molecule has 3 heterocycles. The predicted octanol–water partition coefficient (Wildman–Crippen LogP) is 4.47. The monoisotopic (exact) mass is 432 g/mol. The highest BCUT2D eigenvalue weighted by atomic mass is 16.5. The fourth-order valence-corrected chi connectivity index (χ4v) is 4.22. The minimum Gasteiger partial charge on any atom is -0.493 e. The third-order valence-corrected chi connectivity index (χ3v) is 6.04. The molecule has 0 saturated carbocycles. The Morgan fingerprint density at radius 2 is 1.75 bits per heavy atom. The lowest BCUT2D eigenvalue weighted by atomic mass is 9.96. The molecule has 0 spiro atoms.